The SMILES string of the molecule is CC(=O)Nc1cccc(C(=O)NCCNC(=O)C(F)(F)F)c1. The highest BCUT2D eigenvalue weighted by molar-refractivity contribution is 5.96. The predicted octanol–water partition coefficient (Wildman–Crippen LogP) is 1.05. The van der Waals surface area contributed by atoms with Gasteiger partial charge >= 0.3 is 12.1 Å². The van der Waals surface area contributed by atoms with Gasteiger partial charge in [-0.2, -0.15) is 13.2 Å². The fraction of sp³-hybridized carbons (Fsp3) is 0.308. The minimum absolute atomic E-state index is 0.162. The maximum absolute atomic E-state index is 11.9. The van der Waals surface area contributed by atoms with Crippen LogP contribution in [0.5, 0.6) is 0 Å². The van der Waals surface area contributed by atoms with Crippen molar-refractivity contribution in [2.45, 2.75) is 13.1 Å². The van der Waals surface area contributed by atoms with Crippen LogP contribution in [-0.2, 0) is 9.59 Å². The first-order valence-electron chi connectivity index (χ1n) is 6.21. The molecule has 0 aliphatic carbocycles. The lowest BCUT2D eigenvalue weighted by Gasteiger charge is -2.09. The molecule has 0 radical (unpaired) electrons. The van der Waals surface area contributed by atoms with Crippen LogP contribution in [0.2, 0.25) is 0 Å². The number of hydrogen-bond acceptors (Lipinski definition) is 3. The average molecular weight is 317 g/mol. The molecule has 3 N–H and O–H groups in total. The van der Waals surface area contributed by atoms with E-state index in [4.69, 9.17) is 0 Å². The summed E-state index contributed by atoms with van der Waals surface area (Å²) in [6.07, 6.45) is -4.95. The van der Waals surface area contributed by atoms with Crippen molar-refractivity contribution in [2.24, 2.45) is 0 Å². The Morgan fingerprint density at radius 2 is 1.73 bits per heavy atom. The van der Waals surface area contributed by atoms with Gasteiger partial charge in [0.25, 0.3) is 5.91 Å². The quantitative estimate of drug-likeness (QED) is 0.710. The molecule has 0 unspecified atom stereocenters. The smallest absolute Gasteiger partial charge is 0.350 e. The van der Waals surface area contributed by atoms with Gasteiger partial charge < -0.3 is 16.0 Å². The topological polar surface area (TPSA) is 87.3 Å². The Morgan fingerprint density at radius 3 is 2.32 bits per heavy atom. The molecular weight excluding hydrogens is 303 g/mol. The maximum atomic E-state index is 11.9. The number of rotatable bonds is 5. The van der Waals surface area contributed by atoms with Gasteiger partial charge in [-0.25, -0.2) is 0 Å². The van der Waals surface area contributed by atoms with Crippen molar-refractivity contribution in [1.29, 1.82) is 0 Å². The first-order valence-corrected chi connectivity index (χ1v) is 6.21. The van der Waals surface area contributed by atoms with Gasteiger partial charge in [0.15, 0.2) is 0 Å². The minimum atomic E-state index is -4.95. The van der Waals surface area contributed by atoms with Gasteiger partial charge in [-0.05, 0) is 18.2 Å². The standard InChI is InChI=1S/C13H14F3N3O3/c1-8(20)19-10-4-2-3-9(7-10)11(21)17-5-6-18-12(22)13(14,15)16/h2-4,7H,5-6H2,1H3,(H,17,21)(H,18,22)(H,19,20). The van der Waals surface area contributed by atoms with E-state index >= 15 is 0 Å². The molecule has 22 heavy (non-hydrogen) atoms. The molecule has 9 heteroatoms. The largest absolute Gasteiger partial charge is 0.471 e. The van der Waals surface area contributed by atoms with Gasteiger partial charge in [0.05, 0.1) is 0 Å². The van der Waals surface area contributed by atoms with Gasteiger partial charge in [-0.1, -0.05) is 6.07 Å². The van der Waals surface area contributed by atoms with E-state index in [1.807, 2.05) is 0 Å². The van der Waals surface area contributed by atoms with Crippen LogP contribution in [0.15, 0.2) is 24.3 Å². The van der Waals surface area contributed by atoms with Crippen LogP contribution in [0.4, 0.5) is 18.9 Å². The van der Waals surface area contributed by atoms with Crippen molar-refractivity contribution < 1.29 is 27.6 Å². The highest BCUT2D eigenvalue weighted by atomic mass is 19.4. The van der Waals surface area contributed by atoms with Crippen molar-refractivity contribution >= 4 is 23.4 Å². The van der Waals surface area contributed by atoms with Crippen molar-refractivity contribution in [3.63, 3.8) is 0 Å². The number of benzene rings is 1. The van der Waals surface area contributed by atoms with E-state index in [9.17, 15) is 27.6 Å². The molecule has 1 aromatic rings. The molecule has 0 bridgehead atoms. The van der Waals surface area contributed by atoms with Gasteiger partial charge in [-0.15, -0.1) is 0 Å². The van der Waals surface area contributed by atoms with Crippen molar-refractivity contribution in [2.75, 3.05) is 18.4 Å². The van der Waals surface area contributed by atoms with E-state index in [1.165, 1.54) is 19.1 Å². The molecule has 0 aromatic heterocycles. The predicted molar refractivity (Wildman–Crippen MR) is 72.1 cm³/mol. The van der Waals surface area contributed by atoms with E-state index in [0.717, 1.165) is 0 Å². The second-order valence-electron chi connectivity index (χ2n) is 4.27. The molecule has 0 fully saturated rings. The summed E-state index contributed by atoms with van der Waals surface area (Å²) in [4.78, 5) is 33.2. The van der Waals surface area contributed by atoms with Crippen LogP contribution in [0.1, 0.15) is 17.3 Å². The molecule has 3 amide bonds. The lowest BCUT2D eigenvalue weighted by molar-refractivity contribution is -0.173. The van der Waals surface area contributed by atoms with E-state index < -0.39 is 18.0 Å². The molecule has 6 nitrogen and oxygen atoms in total. The molecule has 0 aliphatic heterocycles. The molecule has 0 aliphatic rings. The van der Waals surface area contributed by atoms with E-state index in [-0.39, 0.29) is 24.6 Å². The number of halogens is 3. The van der Waals surface area contributed by atoms with Crippen LogP contribution in [0.25, 0.3) is 0 Å². The highest BCUT2D eigenvalue weighted by Gasteiger charge is 2.38. The zero-order valence-corrected chi connectivity index (χ0v) is 11.6. The Hall–Kier alpha value is -2.58. The van der Waals surface area contributed by atoms with Gasteiger partial charge in [-0.3, -0.25) is 14.4 Å². The molecule has 0 saturated carbocycles. The number of amides is 3. The lowest BCUT2D eigenvalue weighted by Crippen LogP contribution is -2.41. The molecule has 0 spiro atoms. The molecule has 1 aromatic carbocycles. The Balaban J connectivity index is 2.46. The van der Waals surface area contributed by atoms with Crippen LogP contribution in [0, 0.1) is 0 Å². The van der Waals surface area contributed by atoms with Gasteiger partial charge in [0.1, 0.15) is 0 Å². The summed E-state index contributed by atoms with van der Waals surface area (Å²) in [5.74, 6) is -2.89. The summed E-state index contributed by atoms with van der Waals surface area (Å²) in [7, 11) is 0. The van der Waals surface area contributed by atoms with Crippen LogP contribution in [-0.4, -0.2) is 37.0 Å². The number of carbonyl (C=O) groups excluding carboxylic acids is 3. The highest BCUT2D eigenvalue weighted by Crippen LogP contribution is 2.13. The summed E-state index contributed by atoms with van der Waals surface area (Å²) in [5, 5.41) is 6.48. The average Bonchev–Trinajstić information content (AvgIpc) is 2.41. The Bertz CT molecular complexity index is 573. The lowest BCUT2D eigenvalue weighted by atomic mass is 10.2. The molecule has 0 atom stereocenters. The molecular formula is C13H14F3N3O3. The van der Waals surface area contributed by atoms with Crippen molar-refractivity contribution in [3.05, 3.63) is 29.8 Å². The second-order valence-corrected chi connectivity index (χ2v) is 4.27. The Morgan fingerprint density at radius 1 is 1.09 bits per heavy atom. The van der Waals surface area contributed by atoms with Crippen molar-refractivity contribution in [1.82, 2.24) is 10.6 Å². The summed E-state index contributed by atoms with van der Waals surface area (Å²) in [5.41, 5.74) is 0.652. The van der Waals surface area contributed by atoms with Crippen molar-refractivity contribution in [3.8, 4) is 0 Å². The molecule has 120 valence electrons. The first kappa shape index (κ1) is 17.5. The van der Waals surface area contributed by atoms with E-state index in [1.54, 1.807) is 17.4 Å². The normalized spacial score (nSPS) is 10.7. The zero-order chi connectivity index (χ0) is 16.8. The summed E-state index contributed by atoms with van der Waals surface area (Å²) in [6.45, 7) is 0.802. The van der Waals surface area contributed by atoms with Gasteiger partial charge in [0.2, 0.25) is 5.91 Å². The fourth-order valence-corrected chi connectivity index (χ4v) is 1.50. The number of anilines is 1. The first-order chi connectivity index (χ1) is 10.2. The third kappa shape index (κ3) is 5.81. The van der Waals surface area contributed by atoms with Crippen LogP contribution in [0.3, 0.4) is 0 Å². The number of alkyl halides is 3. The number of nitrogens with one attached hydrogen (secondary N) is 3. The van der Waals surface area contributed by atoms with Gasteiger partial charge in [0, 0.05) is 31.3 Å². The maximum Gasteiger partial charge on any atom is 0.471 e. The Kier molecular flexibility index (Phi) is 5.90. The summed E-state index contributed by atoms with van der Waals surface area (Å²) >= 11 is 0. The fourth-order valence-electron chi connectivity index (χ4n) is 1.50. The summed E-state index contributed by atoms with van der Waals surface area (Å²) < 4.78 is 35.7. The summed E-state index contributed by atoms with van der Waals surface area (Å²) in [6, 6.07) is 6.04. The zero-order valence-electron chi connectivity index (χ0n) is 11.6. The monoisotopic (exact) mass is 317 g/mol. The number of carbonyl (C=O) groups is 3. The third-order valence-electron chi connectivity index (χ3n) is 2.40. The molecule has 1 rings (SSSR count). The van der Waals surface area contributed by atoms with E-state index in [2.05, 4.69) is 10.6 Å². The van der Waals surface area contributed by atoms with Crippen LogP contribution < -0.4 is 16.0 Å². The number of hydrogen-bond donors (Lipinski definition) is 3. The van der Waals surface area contributed by atoms with E-state index in [0.29, 0.717) is 5.69 Å². The molecule has 0 heterocycles. The molecule has 0 saturated heterocycles. The second kappa shape index (κ2) is 7.43. The third-order valence-corrected chi connectivity index (χ3v) is 2.40. The van der Waals surface area contributed by atoms with Crippen LogP contribution >= 0.6 is 0 Å². The Labute approximate surface area is 124 Å². The minimum Gasteiger partial charge on any atom is -0.350 e.